The van der Waals surface area contributed by atoms with Crippen LogP contribution in [0.15, 0.2) is 18.2 Å². The lowest BCUT2D eigenvalue weighted by molar-refractivity contribution is -0.129. The molecule has 0 aliphatic heterocycles. The van der Waals surface area contributed by atoms with Gasteiger partial charge in [0.2, 0.25) is 47.3 Å². The summed E-state index contributed by atoms with van der Waals surface area (Å²) in [6.45, 7) is 2.73. The summed E-state index contributed by atoms with van der Waals surface area (Å²) in [4.78, 5) is 97.3. The average Bonchev–Trinajstić information content (AvgIpc) is 3.32. The predicted molar refractivity (Wildman–Crippen MR) is 269 cm³/mol. The third kappa shape index (κ3) is 33.7. The molecule has 13 N–H and O–H groups in total. The number of nitrogens with two attached hydrogens (primary N) is 2. The Balaban J connectivity index is 2.20. The zero-order valence-corrected chi connectivity index (χ0v) is 43.1. The first-order valence-corrected chi connectivity index (χ1v) is 25.1. The molecule has 0 aromatic heterocycles. The van der Waals surface area contributed by atoms with Crippen LogP contribution in [0.4, 0.5) is 0 Å². The van der Waals surface area contributed by atoms with Gasteiger partial charge in [0.05, 0.1) is 55.3 Å². The molecular formula is C46H79IN10O13. The monoisotopic (exact) mass is 1100 g/mol. The van der Waals surface area contributed by atoms with Crippen molar-refractivity contribution >= 4 is 69.8 Å². The Morgan fingerprint density at radius 1 is 0.529 bits per heavy atom. The van der Waals surface area contributed by atoms with Gasteiger partial charge in [-0.05, 0) is 125 Å². The van der Waals surface area contributed by atoms with Crippen LogP contribution in [0.2, 0.25) is 0 Å². The van der Waals surface area contributed by atoms with E-state index in [0.717, 1.165) is 12.0 Å². The summed E-state index contributed by atoms with van der Waals surface area (Å²) in [5.74, 6) is -2.33. The van der Waals surface area contributed by atoms with E-state index in [1.54, 1.807) is 26.2 Å². The summed E-state index contributed by atoms with van der Waals surface area (Å²) in [6, 6.07) is 3.57. The number of hydrogen-bond donors (Lipinski definition) is 11. The van der Waals surface area contributed by atoms with Gasteiger partial charge in [0, 0.05) is 52.0 Å². The van der Waals surface area contributed by atoms with Gasteiger partial charge in [0.15, 0.2) is 0 Å². The van der Waals surface area contributed by atoms with Gasteiger partial charge in [-0.15, -0.1) is 0 Å². The Kier molecular flexibility index (Phi) is 37.0. The number of halogens is 1. The van der Waals surface area contributed by atoms with E-state index in [9.17, 15) is 43.5 Å². The van der Waals surface area contributed by atoms with Crippen LogP contribution >= 0.6 is 22.6 Å². The summed E-state index contributed by atoms with van der Waals surface area (Å²) in [5, 5.41) is 32.1. The van der Waals surface area contributed by atoms with E-state index in [1.165, 1.54) is 0 Å². The Morgan fingerprint density at radius 2 is 0.971 bits per heavy atom. The molecule has 3 atom stereocenters. The van der Waals surface area contributed by atoms with Crippen LogP contribution in [0, 0.1) is 3.57 Å². The highest BCUT2D eigenvalue weighted by Crippen LogP contribution is 2.21. The molecule has 0 radical (unpaired) electrons. The minimum atomic E-state index is -0.816. The molecule has 1 aromatic rings. The highest BCUT2D eigenvalue weighted by Gasteiger charge is 2.21. The first-order chi connectivity index (χ1) is 33.7. The quantitative estimate of drug-likeness (QED) is 0.0273. The van der Waals surface area contributed by atoms with Crippen molar-refractivity contribution in [2.75, 3.05) is 99.7 Å². The van der Waals surface area contributed by atoms with Crippen LogP contribution in [-0.2, 0) is 63.7 Å². The van der Waals surface area contributed by atoms with E-state index in [-0.39, 0.29) is 139 Å². The fourth-order valence-electron chi connectivity index (χ4n) is 6.55. The topological polar surface area (TPSA) is 342 Å². The van der Waals surface area contributed by atoms with E-state index in [0.29, 0.717) is 81.0 Å². The fraction of sp³-hybridized carbons (Fsp3) is 0.696. The van der Waals surface area contributed by atoms with E-state index in [1.807, 2.05) is 28.7 Å². The third-order valence-electron chi connectivity index (χ3n) is 10.5. The molecule has 0 aliphatic rings. The number of primary amides is 2. The number of ether oxygens (including phenoxy) is 4. The Bertz CT molecular complexity index is 1710. The molecule has 0 saturated heterocycles. The van der Waals surface area contributed by atoms with Gasteiger partial charge >= 0.3 is 0 Å². The minimum Gasteiger partial charge on any atom is -0.507 e. The molecular weight excluding hydrogens is 1030 g/mol. The Labute approximate surface area is 425 Å². The molecule has 1 rings (SSSR count). The lowest BCUT2D eigenvalue weighted by Gasteiger charge is -2.19. The van der Waals surface area contributed by atoms with Crippen LogP contribution in [0.3, 0.4) is 0 Å². The van der Waals surface area contributed by atoms with Gasteiger partial charge in [0.25, 0.3) is 0 Å². The van der Waals surface area contributed by atoms with Gasteiger partial charge in [-0.2, -0.15) is 0 Å². The van der Waals surface area contributed by atoms with Crippen LogP contribution in [0.5, 0.6) is 5.75 Å². The van der Waals surface area contributed by atoms with E-state index in [2.05, 4.69) is 42.5 Å². The van der Waals surface area contributed by atoms with Gasteiger partial charge in [0.1, 0.15) is 25.0 Å². The highest BCUT2D eigenvalue weighted by molar-refractivity contribution is 14.1. The summed E-state index contributed by atoms with van der Waals surface area (Å²) in [7, 11) is 3.33. The first-order valence-electron chi connectivity index (χ1n) is 24.0. The second kappa shape index (κ2) is 40.9. The SMILES string of the molecule is CN[C@@H](CCCCNC(=O)COCCOCCNC(=O)COCCOCCNC(=O)CCCC(=O)N[C@@H](CCCCNC(=O)CCc1ccc(O)c([125I])c1)C(=O)NCCCC[C@@H](NC)C(N)=O)C(N)=O. The maximum atomic E-state index is 13.1. The number of aryl methyl sites for hydroxylation is 1. The zero-order chi connectivity index (χ0) is 51.8. The summed E-state index contributed by atoms with van der Waals surface area (Å²) >= 11 is 2.03. The van der Waals surface area contributed by atoms with Crippen molar-refractivity contribution in [2.45, 2.75) is 108 Å². The largest absolute Gasteiger partial charge is 0.507 e. The minimum absolute atomic E-state index is 0.0276. The fourth-order valence-corrected chi connectivity index (χ4v) is 7.13. The Morgan fingerprint density at radius 3 is 1.49 bits per heavy atom. The van der Waals surface area contributed by atoms with E-state index >= 15 is 0 Å². The number of phenolic OH excluding ortho intramolecular Hbond substituents is 1. The summed E-state index contributed by atoms with van der Waals surface area (Å²) < 4.78 is 22.1. The number of nitrogens with one attached hydrogen (secondary N) is 8. The van der Waals surface area contributed by atoms with Gasteiger partial charge in [-0.25, -0.2) is 0 Å². The Hall–Kier alpha value is -4.73. The zero-order valence-electron chi connectivity index (χ0n) is 40.9. The van der Waals surface area contributed by atoms with Gasteiger partial charge in [-0.3, -0.25) is 38.4 Å². The number of amides is 8. The molecule has 0 fully saturated rings. The van der Waals surface area contributed by atoms with Crippen LogP contribution in [0.1, 0.15) is 89.0 Å². The van der Waals surface area contributed by atoms with Crippen molar-refractivity contribution in [3.05, 3.63) is 27.3 Å². The van der Waals surface area contributed by atoms with Gasteiger partial charge < -0.3 is 78.1 Å². The third-order valence-corrected chi connectivity index (χ3v) is 11.4. The maximum Gasteiger partial charge on any atom is 0.246 e. The molecule has 0 saturated carbocycles. The molecule has 0 heterocycles. The number of benzene rings is 1. The molecule has 0 spiro atoms. The molecule has 398 valence electrons. The number of carbonyl (C=O) groups excluding carboxylic acids is 8. The normalized spacial score (nSPS) is 12.3. The van der Waals surface area contributed by atoms with E-state index in [4.69, 9.17) is 30.4 Å². The number of phenols is 1. The molecule has 24 heteroatoms. The maximum absolute atomic E-state index is 13.1. The number of rotatable bonds is 44. The first kappa shape index (κ1) is 63.3. The molecule has 1 aromatic carbocycles. The van der Waals surface area contributed by atoms with Crippen molar-refractivity contribution in [3.63, 3.8) is 0 Å². The number of hydrogen-bond acceptors (Lipinski definition) is 15. The van der Waals surface area contributed by atoms with Crippen LogP contribution < -0.4 is 54.0 Å². The average molecular weight is 1110 g/mol. The van der Waals surface area contributed by atoms with Crippen LogP contribution in [0.25, 0.3) is 0 Å². The number of likely N-dealkylation sites (N-methyl/N-ethyl adjacent to an activating group) is 2. The lowest BCUT2D eigenvalue weighted by atomic mass is 10.1. The molecule has 8 amide bonds. The number of carbonyl (C=O) groups is 8. The standard InChI is InChI=1S/C46H79IN10O13/c1-50-35(44(48)64)10-3-6-20-53-42(62)31-69-28-27-68-25-23-55-43(63)32-70-29-26-67-24-22-54-39(59)13-9-14-41(61)57-37(46(66)56-21-8-4-11-36(51-2)45(49)65)12-5-7-19-52-40(60)18-16-33-15-17-38(58)34(47)30-33/h15,17,30,35-37,50-51,58H,3-14,16,18-29,31-32H2,1-2H3,(H2,48,64)(H2,49,65)(H,52,60)(H,53,62)(H,54,59)(H,55,63)(H,56,66)(H,57,61)/t35-,36+,37-/m0/s1/i47-2. The number of unbranched alkanes of at least 4 members (excludes halogenated alkanes) is 3. The van der Waals surface area contributed by atoms with Crippen molar-refractivity contribution in [1.82, 2.24) is 42.5 Å². The molecule has 70 heavy (non-hydrogen) atoms. The van der Waals surface area contributed by atoms with E-state index < -0.39 is 23.9 Å². The molecule has 0 aliphatic carbocycles. The highest BCUT2D eigenvalue weighted by atomic mass is 125. The smallest absolute Gasteiger partial charge is 0.246 e. The molecule has 0 unspecified atom stereocenters. The summed E-state index contributed by atoms with van der Waals surface area (Å²) in [6.07, 6.45) is 6.48. The molecule has 0 bridgehead atoms. The van der Waals surface area contributed by atoms with Crippen molar-refractivity contribution < 1.29 is 62.4 Å². The van der Waals surface area contributed by atoms with Crippen molar-refractivity contribution in [2.24, 2.45) is 11.5 Å². The predicted octanol–water partition coefficient (Wildman–Crippen LogP) is -1.11. The van der Waals surface area contributed by atoms with Crippen LogP contribution in [-0.4, -0.2) is 170 Å². The molecule has 23 nitrogen and oxygen atoms in total. The van der Waals surface area contributed by atoms with Crippen molar-refractivity contribution in [1.29, 1.82) is 0 Å². The number of aromatic hydroxyl groups is 1. The second-order valence-corrected chi connectivity index (χ2v) is 17.4. The lowest BCUT2D eigenvalue weighted by Crippen LogP contribution is -2.47. The van der Waals surface area contributed by atoms with Crippen molar-refractivity contribution in [3.8, 4) is 5.75 Å². The summed E-state index contributed by atoms with van der Waals surface area (Å²) in [5.41, 5.74) is 11.6. The van der Waals surface area contributed by atoms with Gasteiger partial charge in [-0.1, -0.05) is 6.07 Å². The second-order valence-electron chi connectivity index (χ2n) is 16.3.